The van der Waals surface area contributed by atoms with Crippen LogP contribution in [-0.4, -0.2) is 63.8 Å². The fourth-order valence-electron chi connectivity index (χ4n) is 4.16. The quantitative estimate of drug-likeness (QED) is 0.435. The first kappa shape index (κ1) is 24.5. The molecule has 1 fully saturated rings. The molecule has 0 bridgehead atoms. The summed E-state index contributed by atoms with van der Waals surface area (Å²) in [5.74, 6) is 1.03. The van der Waals surface area contributed by atoms with Gasteiger partial charge in [-0.25, -0.2) is 8.42 Å². The number of sulfone groups is 1. The number of carbonyl (C=O) groups excluding carboxylic acids is 1. The van der Waals surface area contributed by atoms with E-state index in [0.717, 1.165) is 28.8 Å². The third-order valence-electron chi connectivity index (χ3n) is 5.99. The standard InChI is InChI=1S/C25H30N4O3S2/c1-4-14-28(22-13-15-34(31,32)17-22)23(30)16-33-25-27-26-24(20-9-5-18(2)6-10-20)29(25)21-11-7-19(3)8-12-21/h5-12,22H,4,13-17H2,1-3H3. The van der Waals surface area contributed by atoms with E-state index in [1.165, 1.54) is 11.8 Å². The van der Waals surface area contributed by atoms with Crippen LogP contribution in [0.25, 0.3) is 17.1 Å². The van der Waals surface area contributed by atoms with Gasteiger partial charge in [0.15, 0.2) is 20.8 Å². The molecular formula is C25H30N4O3S2. The van der Waals surface area contributed by atoms with Crippen molar-refractivity contribution in [3.63, 3.8) is 0 Å². The monoisotopic (exact) mass is 498 g/mol. The van der Waals surface area contributed by atoms with Crippen LogP contribution in [-0.2, 0) is 14.6 Å². The average molecular weight is 499 g/mol. The summed E-state index contributed by atoms with van der Waals surface area (Å²) in [4.78, 5) is 14.9. The number of aryl methyl sites for hydroxylation is 2. The van der Waals surface area contributed by atoms with Crippen molar-refractivity contribution in [2.75, 3.05) is 23.8 Å². The molecule has 9 heteroatoms. The minimum absolute atomic E-state index is 0.0561. The van der Waals surface area contributed by atoms with Crippen molar-refractivity contribution >= 4 is 27.5 Å². The Hall–Kier alpha value is -2.65. The second-order valence-electron chi connectivity index (χ2n) is 8.78. The molecule has 180 valence electrons. The van der Waals surface area contributed by atoms with Crippen molar-refractivity contribution in [2.45, 2.75) is 44.8 Å². The van der Waals surface area contributed by atoms with Crippen molar-refractivity contribution < 1.29 is 13.2 Å². The van der Waals surface area contributed by atoms with Crippen LogP contribution >= 0.6 is 11.8 Å². The summed E-state index contributed by atoms with van der Waals surface area (Å²) in [7, 11) is -3.06. The molecule has 1 unspecified atom stereocenters. The zero-order valence-corrected chi connectivity index (χ0v) is 21.4. The fraction of sp³-hybridized carbons (Fsp3) is 0.400. The first-order valence-corrected chi connectivity index (χ1v) is 14.3. The van der Waals surface area contributed by atoms with Crippen LogP contribution in [0.1, 0.15) is 30.9 Å². The zero-order chi connectivity index (χ0) is 24.3. The van der Waals surface area contributed by atoms with Crippen LogP contribution in [0.15, 0.2) is 53.7 Å². The van der Waals surface area contributed by atoms with Crippen LogP contribution in [0, 0.1) is 13.8 Å². The first-order chi connectivity index (χ1) is 16.3. The van der Waals surface area contributed by atoms with Crippen molar-refractivity contribution in [2.24, 2.45) is 0 Å². The molecule has 1 saturated heterocycles. The fourth-order valence-corrected chi connectivity index (χ4v) is 6.73. The smallest absolute Gasteiger partial charge is 0.233 e. The predicted molar refractivity (Wildman–Crippen MR) is 136 cm³/mol. The number of thioether (sulfide) groups is 1. The molecule has 1 amide bonds. The number of nitrogens with zero attached hydrogens (tertiary/aromatic N) is 4. The molecule has 0 N–H and O–H groups in total. The van der Waals surface area contributed by atoms with E-state index < -0.39 is 9.84 Å². The largest absolute Gasteiger partial charge is 0.338 e. The highest BCUT2D eigenvalue weighted by Gasteiger charge is 2.34. The van der Waals surface area contributed by atoms with Gasteiger partial charge in [0.05, 0.1) is 17.3 Å². The van der Waals surface area contributed by atoms with Crippen molar-refractivity contribution in [3.8, 4) is 17.1 Å². The third-order valence-corrected chi connectivity index (χ3v) is 8.66. The maximum atomic E-state index is 13.2. The lowest BCUT2D eigenvalue weighted by atomic mass is 10.1. The Morgan fingerprint density at radius 2 is 1.71 bits per heavy atom. The van der Waals surface area contributed by atoms with Crippen LogP contribution in [0.3, 0.4) is 0 Å². The van der Waals surface area contributed by atoms with Gasteiger partial charge in [0.1, 0.15) is 0 Å². The van der Waals surface area contributed by atoms with Gasteiger partial charge in [-0.05, 0) is 38.8 Å². The molecule has 0 aliphatic carbocycles. The van der Waals surface area contributed by atoms with Gasteiger partial charge in [0.2, 0.25) is 5.91 Å². The van der Waals surface area contributed by atoms with Crippen LogP contribution in [0.4, 0.5) is 0 Å². The molecule has 7 nitrogen and oxygen atoms in total. The molecule has 0 saturated carbocycles. The molecule has 0 spiro atoms. The molecule has 1 aliphatic rings. The number of hydrogen-bond acceptors (Lipinski definition) is 6. The number of benzene rings is 2. The van der Waals surface area contributed by atoms with Crippen molar-refractivity contribution in [1.82, 2.24) is 19.7 Å². The molecule has 4 rings (SSSR count). The average Bonchev–Trinajstić information content (AvgIpc) is 3.39. The SMILES string of the molecule is CCCN(C(=O)CSc1nnc(-c2ccc(C)cc2)n1-c1ccc(C)cc1)C1CCS(=O)(=O)C1. The molecule has 3 aromatic rings. The Kier molecular flexibility index (Phi) is 7.42. The molecule has 2 aromatic carbocycles. The van der Waals surface area contributed by atoms with E-state index in [1.54, 1.807) is 4.90 Å². The zero-order valence-electron chi connectivity index (χ0n) is 19.8. The number of rotatable bonds is 8. The van der Waals surface area contributed by atoms with Crippen molar-refractivity contribution in [1.29, 1.82) is 0 Å². The summed E-state index contributed by atoms with van der Waals surface area (Å²) in [6.45, 7) is 6.63. The second kappa shape index (κ2) is 10.3. The number of hydrogen-bond donors (Lipinski definition) is 0. The summed E-state index contributed by atoms with van der Waals surface area (Å²) in [5.41, 5.74) is 4.18. The summed E-state index contributed by atoms with van der Waals surface area (Å²) < 4.78 is 25.9. The lowest BCUT2D eigenvalue weighted by molar-refractivity contribution is -0.130. The van der Waals surface area contributed by atoms with Gasteiger partial charge >= 0.3 is 0 Å². The van der Waals surface area contributed by atoms with E-state index in [0.29, 0.717) is 23.9 Å². The van der Waals surface area contributed by atoms with E-state index in [4.69, 9.17) is 0 Å². The van der Waals surface area contributed by atoms with Gasteiger partial charge in [-0.3, -0.25) is 9.36 Å². The van der Waals surface area contributed by atoms with Crippen LogP contribution < -0.4 is 0 Å². The third kappa shape index (κ3) is 5.52. The highest BCUT2D eigenvalue weighted by molar-refractivity contribution is 7.99. The van der Waals surface area contributed by atoms with Gasteiger partial charge in [-0.15, -0.1) is 10.2 Å². The van der Waals surface area contributed by atoms with Gasteiger partial charge in [-0.2, -0.15) is 0 Å². The van der Waals surface area contributed by atoms with Crippen LogP contribution in [0.2, 0.25) is 0 Å². The van der Waals surface area contributed by atoms with E-state index in [1.807, 2.05) is 73.9 Å². The Bertz CT molecular complexity index is 1250. The Balaban J connectivity index is 1.60. The summed E-state index contributed by atoms with van der Waals surface area (Å²) in [5, 5.41) is 9.51. The summed E-state index contributed by atoms with van der Waals surface area (Å²) in [6, 6.07) is 16.0. The minimum atomic E-state index is -3.06. The normalized spacial score (nSPS) is 17.1. The summed E-state index contributed by atoms with van der Waals surface area (Å²) in [6.07, 6.45) is 1.29. The molecule has 2 heterocycles. The lowest BCUT2D eigenvalue weighted by Gasteiger charge is -2.27. The van der Waals surface area contributed by atoms with Crippen molar-refractivity contribution in [3.05, 3.63) is 59.7 Å². The Morgan fingerprint density at radius 3 is 2.29 bits per heavy atom. The van der Waals surface area contributed by atoms with Gasteiger partial charge < -0.3 is 4.90 Å². The Labute approximate surface area is 205 Å². The summed E-state index contributed by atoms with van der Waals surface area (Å²) >= 11 is 1.33. The first-order valence-electron chi connectivity index (χ1n) is 11.5. The Morgan fingerprint density at radius 1 is 1.06 bits per heavy atom. The molecule has 1 aliphatic heterocycles. The maximum Gasteiger partial charge on any atom is 0.233 e. The molecule has 34 heavy (non-hydrogen) atoms. The van der Waals surface area contributed by atoms with E-state index in [2.05, 4.69) is 10.2 Å². The van der Waals surface area contributed by atoms with Gasteiger partial charge in [-0.1, -0.05) is 66.2 Å². The van der Waals surface area contributed by atoms with E-state index >= 15 is 0 Å². The minimum Gasteiger partial charge on any atom is -0.338 e. The van der Waals surface area contributed by atoms with E-state index in [-0.39, 0.29) is 29.2 Å². The molecule has 1 atom stereocenters. The molecular weight excluding hydrogens is 468 g/mol. The lowest BCUT2D eigenvalue weighted by Crippen LogP contribution is -2.42. The maximum absolute atomic E-state index is 13.2. The molecule has 1 aromatic heterocycles. The highest BCUT2D eigenvalue weighted by Crippen LogP contribution is 2.29. The highest BCUT2D eigenvalue weighted by atomic mass is 32.2. The number of aromatic nitrogens is 3. The van der Waals surface area contributed by atoms with Gasteiger partial charge in [0, 0.05) is 23.8 Å². The second-order valence-corrected chi connectivity index (χ2v) is 11.9. The topological polar surface area (TPSA) is 85.2 Å². The predicted octanol–water partition coefficient (Wildman–Crippen LogP) is 4.07. The molecule has 0 radical (unpaired) electrons. The number of carbonyl (C=O) groups is 1. The van der Waals surface area contributed by atoms with E-state index in [9.17, 15) is 13.2 Å². The number of amides is 1. The van der Waals surface area contributed by atoms with Gasteiger partial charge in [0.25, 0.3) is 0 Å². The van der Waals surface area contributed by atoms with Crippen LogP contribution in [0.5, 0.6) is 0 Å².